The molecule has 2 aromatic carbocycles. The van der Waals surface area contributed by atoms with E-state index in [2.05, 4.69) is 29.2 Å². The van der Waals surface area contributed by atoms with E-state index in [1.807, 2.05) is 31.1 Å². The topological polar surface area (TPSA) is 49.6 Å². The van der Waals surface area contributed by atoms with Crippen molar-refractivity contribution < 1.29 is 4.79 Å². The number of rotatable bonds is 3. The zero-order valence-electron chi connectivity index (χ0n) is 14.5. The molecule has 1 amide bonds. The van der Waals surface area contributed by atoms with E-state index in [4.69, 9.17) is 5.73 Å². The molecule has 0 spiro atoms. The van der Waals surface area contributed by atoms with Gasteiger partial charge in [0.05, 0.1) is 6.04 Å². The SMILES string of the molecule is CN(C)c1cccc(C2CCCN2C(=O)c2cccc(N)c2)c1.Cl.Cl. The van der Waals surface area contributed by atoms with E-state index in [-0.39, 0.29) is 36.8 Å². The number of carbonyl (C=O) groups is 1. The molecule has 25 heavy (non-hydrogen) atoms. The Bertz CT molecular complexity index is 721. The summed E-state index contributed by atoms with van der Waals surface area (Å²) in [6, 6.07) is 15.8. The molecule has 0 aromatic heterocycles. The van der Waals surface area contributed by atoms with E-state index in [0.717, 1.165) is 25.1 Å². The van der Waals surface area contributed by atoms with E-state index in [1.165, 1.54) is 5.56 Å². The molecular weight excluding hydrogens is 357 g/mol. The number of nitrogens with two attached hydrogens (primary N) is 1. The van der Waals surface area contributed by atoms with Crippen LogP contribution < -0.4 is 10.6 Å². The third-order valence-electron chi connectivity index (χ3n) is 4.42. The number of likely N-dealkylation sites (tertiary alicyclic amines) is 1. The van der Waals surface area contributed by atoms with Gasteiger partial charge in [-0.05, 0) is 48.7 Å². The number of hydrogen-bond donors (Lipinski definition) is 1. The molecule has 0 saturated carbocycles. The van der Waals surface area contributed by atoms with Crippen molar-refractivity contribution in [1.29, 1.82) is 0 Å². The van der Waals surface area contributed by atoms with Crippen LogP contribution >= 0.6 is 24.8 Å². The fraction of sp³-hybridized carbons (Fsp3) is 0.316. The van der Waals surface area contributed by atoms with Crippen molar-refractivity contribution in [2.24, 2.45) is 0 Å². The summed E-state index contributed by atoms with van der Waals surface area (Å²) in [6.07, 6.45) is 2.04. The number of amides is 1. The maximum Gasteiger partial charge on any atom is 0.254 e. The summed E-state index contributed by atoms with van der Waals surface area (Å²) in [5.74, 6) is 0.0649. The third kappa shape index (κ3) is 4.59. The Morgan fingerprint density at radius 1 is 1.12 bits per heavy atom. The average Bonchev–Trinajstić information content (AvgIpc) is 3.04. The first kappa shape index (κ1) is 21.1. The van der Waals surface area contributed by atoms with Gasteiger partial charge in [0.15, 0.2) is 0 Å². The lowest BCUT2D eigenvalue weighted by Gasteiger charge is -2.26. The molecule has 1 aliphatic rings. The molecule has 1 saturated heterocycles. The van der Waals surface area contributed by atoms with Gasteiger partial charge >= 0.3 is 0 Å². The van der Waals surface area contributed by atoms with E-state index in [9.17, 15) is 4.79 Å². The predicted molar refractivity (Wildman–Crippen MR) is 109 cm³/mol. The van der Waals surface area contributed by atoms with Gasteiger partial charge in [-0.2, -0.15) is 0 Å². The molecule has 0 aliphatic carbocycles. The second-order valence-electron chi connectivity index (χ2n) is 6.27. The molecule has 2 N–H and O–H groups in total. The molecule has 2 aromatic rings. The maximum atomic E-state index is 12.9. The first-order valence-corrected chi connectivity index (χ1v) is 8.00. The van der Waals surface area contributed by atoms with Crippen molar-refractivity contribution in [1.82, 2.24) is 4.90 Å². The van der Waals surface area contributed by atoms with E-state index in [1.54, 1.807) is 12.1 Å². The highest BCUT2D eigenvalue weighted by atomic mass is 35.5. The molecule has 0 bridgehead atoms. The van der Waals surface area contributed by atoms with Crippen LogP contribution in [0.2, 0.25) is 0 Å². The molecule has 4 nitrogen and oxygen atoms in total. The van der Waals surface area contributed by atoms with Gasteiger partial charge in [0.2, 0.25) is 0 Å². The van der Waals surface area contributed by atoms with Crippen LogP contribution in [0, 0.1) is 0 Å². The van der Waals surface area contributed by atoms with Crippen molar-refractivity contribution in [2.45, 2.75) is 18.9 Å². The van der Waals surface area contributed by atoms with Gasteiger partial charge in [-0.1, -0.05) is 18.2 Å². The monoisotopic (exact) mass is 381 g/mol. The highest BCUT2D eigenvalue weighted by molar-refractivity contribution is 5.95. The second-order valence-corrected chi connectivity index (χ2v) is 6.27. The van der Waals surface area contributed by atoms with E-state index >= 15 is 0 Å². The quantitative estimate of drug-likeness (QED) is 0.812. The van der Waals surface area contributed by atoms with Gasteiger partial charge in [-0.25, -0.2) is 0 Å². The van der Waals surface area contributed by atoms with Crippen molar-refractivity contribution >= 4 is 42.1 Å². The van der Waals surface area contributed by atoms with Crippen molar-refractivity contribution in [3.05, 3.63) is 59.7 Å². The van der Waals surface area contributed by atoms with Gasteiger partial charge in [-0.15, -0.1) is 24.8 Å². The minimum absolute atomic E-state index is 0. The first-order valence-electron chi connectivity index (χ1n) is 8.00. The summed E-state index contributed by atoms with van der Waals surface area (Å²) in [7, 11) is 4.06. The van der Waals surface area contributed by atoms with E-state index < -0.39 is 0 Å². The molecule has 1 unspecified atom stereocenters. The lowest BCUT2D eigenvalue weighted by molar-refractivity contribution is 0.0735. The minimum atomic E-state index is 0. The molecule has 6 heteroatoms. The minimum Gasteiger partial charge on any atom is -0.399 e. The maximum absolute atomic E-state index is 12.9. The summed E-state index contributed by atoms with van der Waals surface area (Å²) in [6.45, 7) is 0.796. The molecule has 0 radical (unpaired) electrons. The average molecular weight is 382 g/mol. The van der Waals surface area contributed by atoms with Gasteiger partial charge in [-0.3, -0.25) is 4.79 Å². The number of halogens is 2. The highest BCUT2D eigenvalue weighted by Crippen LogP contribution is 2.34. The fourth-order valence-corrected chi connectivity index (χ4v) is 3.20. The van der Waals surface area contributed by atoms with Crippen LogP contribution in [0.1, 0.15) is 34.8 Å². The smallest absolute Gasteiger partial charge is 0.254 e. The van der Waals surface area contributed by atoms with Crippen LogP contribution in [0.3, 0.4) is 0 Å². The third-order valence-corrected chi connectivity index (χ3v) is 4.42. The van der Waals surface area contributed by atoms with Gasteiger partial charge < -0.3 is 15.5 Å². The van der Waals surface area contributed by atoms with Crippen molar-refractivity contribution in [3.63, 3.8) is 0 Å². The van der Waals surface area contributed by atoms with Crippen LogP contribution in [0.4, 0.5) is 11.4 Å². The van der Waals surface area contributed by atoms with Crippen LogP contribution in [-0.4, -0.2) is 31.4 Å². The van der Waals surface area contributed by atoms with Crippen LogP contribution in [0.25, 0.3) is 0 Å². The Morgan fingerprint density at radius 2 is 1.84 bits per heavy atom. The summed E-state index contributed by atoms with van der Waals surface area (Å²) >= 11 is 0. The van der Waals surface area contributed by atoms with Crippen LogP contribution in [0.15, 0.2) is 48.5 Å². The Labute approximate surface area is 161 Å². The van der Waals surface area contributed by atoms with Gasteiger partial charge in [0.1, 0.15) is 0 Å². The number of benzene rings is 2. The Balaban J connectivity index is 0.00000156. The summed E-state index contributed by atoms with van der Waals surface area (Å²) in [4.78, 5) is 16.9. The standard InChI is InChI=1S/C19H23N3O.2ClH/c1-21(2)17-9-4-6-14(13-17)18-10-5-11-22(18)19(23)15-7-3-8-16(20)12-15;;/h3-4,6-9,12-13,18H,5,10-11,20H2,1-2H3;2*1H. The molecule has 1 atom stereocenters. The number of nitrogen functional groups attached to an aromatic ring is 1. The zero-order chi connectivity index (χ0) is 16.4. The second kappa shape index (κ2) is 8.97. The number of nitrogens with zero attached hydrogens (tertiary/aromatic N) is 2. The molecule has 3 rings (SSSR count). The molecule has 1 heterocycles. The lowest BCUT2D eigenvalue weighted by Crippen LogP contribution is -2.30. The van der Waals surface area contributed by atoms with Crippen molar-refractivity contribution in [3.8, 4) is 0 Å². The summed E-state index contributed by atoms with van der Waals surface area (Å²) in [5.41, 5.74) is 9.47. The molecule has 1 fully saturated rings. The highest BCUT2D eigenvalue weighted by Gasteiger charge is 2.30. The Hall–Kier alpha value is -1.91. The summed E-state index contributed by atoms with van der Waals surface area (Å²) < 4.78 is 0. The number of hydrogen-bond acceptors (Lipinski definition) is 3. The van der Waals surface area contributed by atoms with Gasteiger partial charge in [0.25, 0.3) is 5.91 Å². The van der Waals surface area contributed by atoms with E-state index in [0.29, 0.717) is 11.3 Å². The predicted octanol–water partition coefficient (Wildman–Crippen LogP) is 4.16. The molecular formula is C19H25Cl2N3O. The Kier molecular flexibility index (Phi) is 7.59. The van der Waals surface area contributed by atoms with Gasteiger partial charge in [0, 0.05) is 37.6 Å². The Morgan fingerprint density at radius 3 is 2.52 bits per heavy atom. The lowest BCUT2D eigenvalue weighted by atomic mass is 10.0. The largest absolute Gasteiger partial charge is 0.399 e. The number of carbonyl (C=O) groups excluding carboxylic acids is 1. The van der Waals surface area contributed by atoms with Crippen LogP contribution in [-0.2, 0) is 0 Å². The molecule has 136 valence electrons. The van der Waals surface area contributed by atoms with Crippen molar-refractivity contribution in [2.75, 3.05) is 31.3 Å². The first-order chi connectivity index (χ1) is 11.1. The zero-order valence-corrected chi connectivity index (χ0v) is 16.1. The normalized spacial score (nSPS) is 15.9. The molecule has 1 aliphatic heterocycles. The summed E-state index contributed by atoms with van der Waals surface area (Å²) in [5, 5.41) is 0. The van der Waals surface area contributed by atoms with Crippen LogP contribution in [0.5, 0.6) is 0 Å². The number of anilines is 2. The fourth-order valence-electron chi connectivity index (χ4n) is 3.20.